The molecule has 3 unspecified atom stereocenters. The lowest BCUT2D eigenvalue weighted by Crippen LogP contribution is -2.37. The van der Waals surface area contributed by atoms with E-state index in [4.69, 9.17) is 0 Å². The van der Waals surface area contributed by atoms with Gasteiger partial charge in [0.2, 0.25) is 0 Å². The molecule has 2 N–H and O–H groups in total. The van der Waals surface area contributed by atoms with Gasteiger partial charge in [-0.2, -0.15) is 0 Å². The Morgan fingerprint density at radius 2 is 2.09 bits per heavy atom. The van der Waals surface area contributed by atoms with E-state index in [1.54, 1.807) is 6.92 Å². The van der Waals surface area contributed by atoms with Gasteiger partial charge in [0.1, 0.15) is 0 Å². The smallest absolute Gasteiger partial charge is 0.0847 e. The molecule has 0 amide bonds. The van der Waals surface area contributed by atoms with Gasteiger partial charge in [-0.25, -0.2) is 0 Å². The molecule has 0 saturated carbocycles. The van der Waals surface area contributed by atoms with E-state index in [0.29, 0.717) is 6.42 Å². The molecule has 0 aromatic carbocycles. The lowest BCUT2D eigenvalue weighted by atomic mass is 9.85. The maximum atomic E-state index is 9.62. The highest BCUT2D eigenvalue weighted by Gasteiger charge is 2.29. The molecule has 0 saturated heterocycles. The monoisotopic (exact) mass is 158 g/mol. The molecule has 0 rings (SSSR count). The van der Waals surface area contributed by atoms with E-state index in [1.165, 1.54) is 6.08 Å². The van der Waals surface area contributed by atoms with E-state index < -0.39 is 11.7 Å². The van der Waals surface area contributed by atoms with Gasteiger partial charge in [0, 0.05) is 5.92 Å². The van der Waals surface area contributed by atoms with Crippen molar-refractivity contribution in [3.8, 4) is 0 Å². The summed E-state index contributed by atoms with van der Waals surface area (Å²) in [6, 6.07) is 0. The molecule has 0 radical (unpaired) electrons. The van der Waals surface area contributed by atoms with Crippen molar-refractivity contribution in [1.29, 1.82) is 0 Å². The second kappa shape index (κ2) is 3.88. The summed E-state index contributed by atoms with van der Waals surface area (Å²) in [6.07, 6.45) is 1.67. The molecule has 2 nitrogen and oxygen atoms in total. The Morgan fingerprint density at radius 1 is 1.64 bits per heavy atom. The van der Waals surface area contributed by atoms with Crippen LogP contribution in [0.25, 0.3) is 0 Å². The fraction of sp³-hybridized carbons (Fsp3) is 0.778. The maximum absolute atomic E-state index is 9.62. The van der Waals surface area contributed by atoms with E-state index in [9.17, 15) is 10.2 Å². The topological polar surface area (TPSA) is 40.5 Å². The number of rotatable bonds is 4. The number of aliphatic hydroxyl groups excluding tert-OH is 1. The van der Waals surface area contributed by atoms with Gasteiger partial charge in [-0.3, -0.25) is 0 Å². The van der Waals surface area contributed by atoms with Crippen LogP contribution in [0.5, 0.6) is 0 Å². The van der Waals surface area contributed by atoms with Crippen LogP contribution in [0.15, 0.2) is 12.7 Å². The van der Waals surface area contributed by atoms with Crippen LogP contribution in [-0.4, -0.2) is 21.9 Å². The summed E-state index contributed by atoms with van der Waals surface area (Å²) in [5.41, 5.74) is -0.963. The van der Waals surface area contributed by atoms with Crippen LogP contribution in [0, 0.1) is 5.92 Å². The summed E-state index contributed by atoms with van der Waals surface area (Å²) >= 11 is 0. The standard InChI is InChI=1S/C9H18O2/c1-5-8(10)7(3)9(4,11)6-2/h6-8,10-11H,2,5H2,1,3-4H3. The zero-order valence-electron chi connectivity index (χ0n) is 7.54. The average molecular weight is 158 g/mol. The number of aliphatic hydroxyl groups is 2. The third kappa shape index (κ3) is 2.64. The van der Waals surface area contributed by atoms with E-state index in [-0.39, 0.29) is 5.92 Å². The van der Waals surface area contributed by atoms with Crippen molar-refractivity contribution in [1.82, 2.24) is 0 Å². The van der Waals surface area contributed by atoms with E-state index in [0.717, 1.165) is 0 Å². The summed E-state index contributed by atoms with van der Waals surface area (Å²) in [6.45, 7) is 8.87. The van der Waals surface area contributed by atoms with E-state index in [2.05, 4.69) is 6.58 Å². The molecule has 11 heavy (non-hydrogen) atoms. The van der Waals surface area contributed by atoms with Gasteiger partial charge >= 0.3 is 0 Å². The molecule has 66 valence electrons. The lowest BCUT2D eigenvalue weighted by molar-refractivity contribution is -0.0185. The Kier molecular flexibility index (Phi) is 3.76. The molecule has 0 aliphatic heterocycles. The molecule has 0 aliphatic rings. The van der Waals surface area contributed by atoms with Crippen LogP contribution >= 0.6 is 0 Å². The van der Waals surface area contributed by atoms with Crippen molar-refractivity contribution in [2.24, 2.45) is 5.92 Å². The predicted molar refractivity (Wildman–Crippen MR) is 46.3 cm³/mol. The van der Waals surface area contributed by atoms with Crippen molar-refractivity contribution in [2.45, 2.75) is 38.9 Å². The first kappa shape index (κ1) is 10.7. The van der Waals surface area contributed by atoms with Gasteiger partial charge in [0.05, 0.1) is 11.7 Å². The molecule has 0 aliphatic carbocycles. The molecule has 2 heteroatoms. The Morgan fingerprint density at radius 3 is 2.36 bits per heavy atom. The van der Waals surface area contributed by atoms with Crippen molar-refractivity contribution < 1.29 is 10.2 Å². The highest BCUT2D eigenvalue weighted by Crippen LogP contribution is 2.22. The van der Waals surface area contributed by atoms with Gasteiger partial charge in [0.15, 0.2) is 0 Å². The van der Waals surface area contributed by atoms with Crippen molar-refractivity contribution in [3.63, 3.8) is 0 Å². The van der Waals surface area contributed by atoms with Crippen LogP contribution in [-0.2, 0) is 0 Å². The van der Waals surface area contributed by atoms with Gasteiger partial charge < -0.3 is 10.2 Å². The van der Waals surface area contributed by atoms with Gasteiger partial charge in [-0.15, -0.1) is 6.58 Å². The summed E-state index contributed by atoms with van der Waals surface area (Å²) in [7, 11) is 0. The highest BCUT2D eigenvalue weighted by atomic mass is 16.3. The molecular weight excluding hydrogens is 140 g/mol. The van der Waals surface area contributed by atoms with Crippen molar-refractivity contribution in [2.75, 3.05) is 0 Å². The van der Waals surface area contributed by atoms with Gasteiger partial charge in [-0.1, -0.05) is 19.9 Å². The largest absolute Gasteiger partial charge is 0.393 e. The van der Waals surface area contributed by atoms with Gasteiger partial charge in [0.25, 0.3) is 0 Å². The average Bonchev–Trinajstić information content (AvgIpc) is 2.01. The summed E-state index contributed by atoms with van der Waals surface area (Å²) in [4.78, 5) is 0. The minimum absolute atomic E-state index is 0.162. The second-order valence-electron chi connectivity index (χ2n) is 3.19. The zero-order valence-corrected chi connectivity index (χ0v) is 7.54. The van der Waals surface area contributed by atoms with Crippen LogP contribution in [0.2, 0.25) is 0 Å². The summed E-state index contributed by atoms with van der Waals surface area (Å²) in [5, 5.41) is 19.0. The number of hydrogen-bond donors (Lipinski definition) is 2. The minimum Gasteiger partial charge on any atom is -0.393 e. The van der Waals surface area contributed by atoms with Crippen LogP contribution in [0.4, 0.5) is 0 Å². The number of hydrogen-bond acceptors (Lipinski definition) is 2. The Balaban J connectivity index is 4.21. The first-order valence-corrected chi connectivity index (χ1v) is 3.99. The van der Waals surface area contributed by atoms with Crippen LogP contribution in [0.3, 0.4) is 0 Å². The zero-order chi connectivity index (χ0) is 9.07. The third-order valence-electron chi connectivity index (χ3n) is 2.33. The predicted octanol–water partition coefficient (Wildman–Crippen LogP) is 1.33. The first-order valence-electron chi connectivity index (χ1n) is 3.99. The minimum atomic E-state index is -0.963. The highest BCUT2D eigenvalue weighted by molar-refractivity contribution is 4.97. The van der Waals surface area contributed by atoms with Gasteiger partial charge in [-0.05, 0) is 13.3 Å². The van der Waals surface area contributed by atoms with E-state index in [1.807, 2.05) is 13.8 Å². The maximum Gasteiger partial charge on any atom is 0.0847 e. The SMILES string of the molecule is C=CC(C)(O)C(C)C(O)CC. The quantitative estimate of drug-likeness (QED) is 0.606. The summed E-state index contributed by atoms with van der Waals surface area (Å²) in [5.74, 6) is -0.162. The molecule has 0 fully saturated rings. The fourth-order valence-corrected chi connectivity index (χ4v) is 0.929. The Hall–Kier alpha value is -0.340. The molecule has 0 heterocycles. The fourth-order valence-electron chi connectivity index (χ4n) is 0.929. The molecule has 0 bridgehead atoms. The lowest BCUT2D eigenvalue weighted by Gasteiger charge is -2.30. The second-order valence-corrected chi connectivity index (χ2v) is 3.19. The van der Waals surface area contributed by atoms with Crippen LogP contribution < -0.4 is 0 Å². The van der Waals surface area contributed by atoms with Crippen LogP contribution in [0.1, 0.15) is 27.2 Å². The normalized spacial score (nSPS) is 21.9. The Labute approximate surface area is 68.6 Å². The molecular formula is C9H18O2. The summed E-state index contributed by atoms with van der Waals surface area (Å²) < 4.78 is 0. The molecule has 0 aromatic rings. The Bertz CT molecular complexity index is 130. The molecule has 0 spiro atoms. The van der Waals surface area contributed by atoms with Crippen molar-refractivity contribution in [3.05, 3.63) is 12.7 Å². The first-order chi connectivity index (χ1) is 4.95. The molecule has 3 atom stereocenters. The third-order valence-corrected chi connectivity index (χ3v) is 2.33. The van der Waals surface area contributed by atoms with E-state index >= 15 is 0 Å². The van der Waals surface area contributed by atoms with Crippen molar-refractivity contribution >= 4 is 0 Å². The molecule has 0 aromatic heterocycles.